The molecule has 1 N–H and O–H groups in total. The van der Waals surface area contributed by atoms with Gasteiger partial charge in [0.1, 0.15) is 17.1 Å². The van der Waals surface area contributed by atoms with Gasteiger partial charge in [-0.25, -0.2) is 4.79 Å². The Kier molecular flexibility index (Phi) is 4.30. The normalized spacial score (nSPS) is 10.9. The van der Waals surface area contributed by atoms with Gasteiger partial charge >= 0.3 is 5.63 Å². The molecule has 0 atom stereocenters. The summed E-state index contributed by atoms with van der Waals surface area (Å²) in [6.45, 7) is 1.74. The highest BCUT2D eigenvalue weighted by Crippen LogP contribution is 2.31. The van der Waals surface area contributed by atoms with Crippen LogP contribution in [0.25, 0.3) is 11.0 Å². The van der Waals surface area contributed by atoms with Crippen LogP contribution in [0, 0.1) is 6.92 Å². The lowest BCUT2D eigenvalue weighted by Crippen LogP contribution is -2.01. The van der Waals surface area contributed by atoms with E-state index in [4.69, 9.17) is 9.15 Å². The highest BCUT2D eigenvalue weighted by molar-refractivity contribution is 7.98. The maximum Gasteiger partial charge on any atom is 0.336 e. The number of phenols is 1. The molecule has 0 amide bonds. The second kappa shape index (κ2) is 6.38. The molecule has 2 aromatic carbocycles. The summed E-state index contributed by atoms with van der Waals surface area (Å²) in [4.78, 5) is 12.9. The molecule has 23 heavy (non-hydrogen) atoms. The third-order valence-electron chi connectivity index (χ3n) is 3.67. The van der Waals surface area contributed by atoms with Gasteiger partial charge < -0.3 is 14.3 Å². The molecular weight excluding hydrogens is 312 g/mol. The zero-order chi connectivity index (χ0) is 16.4. The first-order valence-corrected chi connectivity index (χ1v) is 8.09. The number of fused-ring (bicyclic) bond motifs is 1. The summed E-state index contributed by atoms with van der Waals surface area (Å²) in [6.07, 6.45) is 0. The number of rotatable bonds is 4. The van der Waals surface area contributed by atoms with Gasteiger partial charge in [-0.05, 0) is 48.9 Å². The summed E-state index contributed by atoms with van der Waals surface area (Å²) >= 11 is 1.63. The minimum Gasteiger partial charge on any atom is -0.508 e. The van der Waals surface area contributed by atoms with E-state index in [2.05, 4.69) is 0 Å². The number of phenolic OH excluding ortho intramolecular Hbond substituents is 1. The number of aromatic hydroxyl groups is 1. The van der Waals surface area contributed by atoms with Gasteiger partial charge in [-0.1, -0.05) is 0 Å². The van der Waals surface area contributed by atoms with Crippen LogP contribution in [-0.4, -0.2) is 12.2 Å². The summed E-state index contributed by atoms with van der Waals surface area (Å²) < 4.78 is 10.4. The average molecular weight is 328 g/mol. The van der Waals surface area contributed by atoms with Crippen molar-refractivity contribution in [2.45, 2.75) is 17.6 Å². The molecule has 0 aliphatic carbocycles. The molecule has 0 spiro atoms. The second-order valence-electron chi connectivity index (χ2n) is 5.14. The smallest absolute Gasteiger partial charge is 0.336 e. The first kappa shape index (κ1) is 15.5. The summed E-state index contributed by atoms with van der Waals surface area (Å²) in [6, 6.07) is 12.7. The monoisotopic (exact) mass is 328 g/mol. The van der Waals surface area contributed by atoms with Crippen LogP contribution in [0.1, 0.15) is 11.1 Å². The van der Waals surface area contributed by atoms with Crippen molar-refractivity contribution in [3.8, 4) is 11.5 Å². The highest BCUT2D eigenvalue weighted by Gasteiger charge is 2.11. The van der Waals surface area contributed by atoms with E-state index in [0.717, 1.165) is 21.6 Å². The van der Waals surface area contributed by atoms with E-state index in [1.165, 1.54) is 6.07 Å². The van der Waals surface area contributed by atoms with E-state index in [9.17, 15) is 9.90 Å². The summed E-state index contributed by atoms with van der Waals surface area (Å²) in [5.74, 6) is 1.57. The minimum atomic E-state index is -0.406. The topological polar surface area (TPSA) is 59.7 Å². The van der Waals surface area contributed by atoms with Crippen LogP contribution < -0.4 is 10.4 Å². The molecule has 118 valence electrons. The lowest BCUT2D eigenvalue weighted by molar-refractivity contribution is 0.414. The Labute approximate surface area is 137 Å². The van der Waals surface area contributed by atoms with Gasteiger partial charge in [-0.2, -0.15) is 0 Å². The number of benzene rings is 2. The Bertz CT molecular complexity index is 897. The van der Waals surface area contributed by atoms with Crippen molar-refractivity contribution < 1.29 is 14.3 Å². The lowest BCUT2D eigenvalue weighted by atomic mass is 10.1. The molecule has 3 rings (SSSR count). The first-order chi connectivity index (χ1) is 11.1. The number of thioether (sulfide) groups is 1. The number of methoxy groups -OCH3 is 1. The second-order valence-corrected chi connectivity index (χ2v) is 6.19. The zero-order valence-corrected chi connectivity index (χ0v) is 13.6. The third-order valence-corrected chi connectivity index (χ3v) is 4.73. The fourth-order valence-electron chi connectivity index (χ4n) is 2.37. The molecule has 0 fully saturated rings. The average Bonchev–Trinajstić information content (AvgIpc) is 2.57. The van der Waals surface area contributed by atoms with Crippen LogP contribution in [0.5, 0.6) is 11.5 Å². The molecule has 4 nitrogen and oxygen atoms in total. The van der Waals surface area contributed by atoms with Gasteiger partial charge in [-0.15, -0.1) is 11.8 Å². The van der Waals surface area contributed by atoms with Crippen molar-refractivity contribution in [2.75, 3.05) is 7.11 Å². The molecule has 0 saturated heterocycles. The SMILES string of the molecule is COc1ccc(SCc2cc(=O)oc3c(C)c(O)ccc23)cc1. The highest BCUT2D eigenvalue weighted by atomic mass is 32.2. The third kappa shape index (κ3) is 3.19. The minimum absolute atomic E-state index is 0.126. The zero-order valence-electron chi connectivity index (χ0n) is 12.8. The van der Waals surface area contributed by atoms with Crippen LogP contribution in [0.2, 0.25) is 0 Å². The summed E-state index contributed by atoms with van der Waals surface area (Å²) in [5, 5.41) is 10.6. The van der Waals surface area contributed by atoms with Crippen LogP contribution in [-0.2, 0) is 5.75 Å². The van der Waals surface area contributed by atoms with Crippen molar-refractivity contribution in [2.24, 2.45) is 0 Å². The van der Waals surface area contributed by atoms with Gasteiger partial charge in [-0.3, -0.25) is 0 Å². The maximum absolute atomic E-state index is 11.8. The fourth-order valence-corrected chi connectivity index (χ4v) is 3.26. The van der Waals surface area contributed by atoms with Crippen LogP contribution in [0.4, 0.5) is 0 Å². The molecule has 1 heterocycles. The predicted molar refractivity (Wildman–Crippen MR) is 91.4 cm³/mol. The number of ether oxygens (including phenoxy) is 1. The van der Waals surface area contributed by atoms with Gasteiger partial charge in [0.05, 0.1) is 7.11 Å². The van der Waals surface area contributed by atoms with E-state index >= 15 is 0 Å². The molecule has 3 aromatic rings. The molecule has 0 saturated carbocycles. The Hall–Kier alpha value is -2.40. The maximum atomic E-state index is 11.8. The van der Waals surface area contributed by atoms with Crippen molar-refractivity contribution >= 4 is 22.7 Å². The quantitative estimate of drug-likeness (QED) is 0.577. The molecule has 1 aromatic heterocycles. The Morgan fingerprint density at radius 2 is 1.91 bits per heavy atom. The lowest BCUT2D eigenvalue weighted by Gasteiger charge is -2.08. The fraction of sp³-hybridized carbons (Fsp3) is 0.167. The van der Waals surface area contributed by atoms with Crippen LogP contribution >= 0.6 is 11.8 Å². The number of hydrogen-bond donors (Lipinski definition) is 1. The van der Waals surface area contributed by atoms with E-state index < -0.39 is 5.63 Å². The van der Waals surface area contributed by atoms with E-state index in [1.807, 2.05) is 24.3 Å². The summed E-state index contributed by atoms with van der Waals surface area (Å²) in [5.41, 5.74) is 1.51. The molecular formula is C18H16O4S. The van der Waals surface area contributed by atoms with E-state index in [-0.39, 0.29) is 5.75 Å². The Morgan fingerprint density at radius 1 is 1.17 bits per heavy atom. The summed E-state index contributed by atoms with van der Waals surface area (Å²) in [7, 11) is 1.63. The van der Waals surface area contributed by atoms with Gasteiger partial charge in [0.15, 0.2) is 0 Å². The number of aryl methyl sites for hydroxylation is 1. The van der Waals surface area contributed by atoms with Crippen molar-refractivity contribution in [1.29, 1.82) is 0 Å². The van der Waals surface area contributed by atoms with Gasteiger partial charge in [0.25, 0.3) is 0 Å². The Morgan fingerprint density at radius 3 is 2.61 bits per heavy atom. The van der Waals surface area contributed by atoms with E-state index in [1.54, 1.807) is 37.9 Å². The molecule has 0 aliphatic heterocycles. The van der Waals surface area contributed by atoms with Crippen molar-refractivity contribution in [3.05, 3.63) is 64.0 Å². The molecule has 0 unspecified atom stereocenters. The standard InChI is InChI=1S/C18H16O4S/c1-11-16(19)8-7-15-12(9-17(20)22-18(11)15)10-23-14-5-3-13(21-2)4-6-14/h3-9,19H,10H2,1-2H3. The van der Waals surface area contributed by atoms with Crippen LogP contribution in [0.3, 0.4) is 0 Å². The predicted octanol–water partition coefficient (Wildman–Crippen LogP) is 4.11. The van der Waals surface area contributed by atoms with Gasteiger partial charge in [0.2, 0.25) is 0 Å². The van der Waals surface area contributed by atoms with Crippen LogP contribution in [0.15, 0.2) is 56.6 Å². The first-order valence-electron chi connectivity index (χ1n) is 7.10. The van der Waals surface area contributed by atoms with Gasteiger partial charge in [0, 0.05) is 27.7 Å². The number of hydrogen-bond acceptors (Lipinski definition) is 5. The Balaban J connectivity index is 1.93. The molecule has 0 bridgehead atoms. The molecule has 0 radical (unpaired) electrons. The van der Waals surface area contributed by atoms with E-state index in [0.29, 0.717) is 16.9 Å². The molecule has 0 aliphatic rings. The largest absolute Gasteiger partial charge is 0.508 e. The van der Waals surface area contributed by atoms with Crippen molar-refractivity contribution in [3.63, 3.8) is 0 Å². The van der Waals surface area contributed by atoms with Crippen molar-refractivity contribution in [1.82, 2.24) is 0 Å². The molecule has 5 heteroatoms.